The minimum Gasteiger partial charge on any atom is -0.487 e. The maximum atomic E-state index is 13.3. The summed E-state index contributed by atoms with van der Waals surface area (Å²) in [7, 11) is 1.75. The molecule has 1 saturated carbocycles. The highest BCUT2D eigenvalue weighted by Crippen LogP contribution is 2.62. The van der Waals surface area contributed by atoms with Gasteiger partial charge in [-0.25, -0.2) is 0 Å². The van der Waals surface area contributed by atoms with Crippen LogP contribution < -0.4 is 4.74 Å². The van der Waals surface area contributed by atoms with Crippen LogP contribution in [-0.4, -0.2) is 59.1 Å². The summed E-state index contributed by atoms with van der Waals surface area (Å²) in [5.41, 5.74) is 2.89. The molecule has 1 amide bonds. The van der Waals surface area contributed by atoms with E-state index in [4.69, 9.17) is 4.74 Å². The standard InChI is InChI=1S/C35H33F3N2O3/c1-39(31(42)17-12-22-10-13-25(14-11-22)35(36,37)38)27-16-15-26-28-20-24-8-5-9-30-32(24)34(26,33(27)43-30)18-19-40(28)21-29(41)23-6-3-2-4-7-23/h2-11,13-14,26-29,33,41H,15-16,18-21H2,1H3/t26-,27+,28+,29?,33-,34-/m0/s1. The average Bonchev–Trinajstić information content (AvgIpc) is 3.35. The van der Waals surface area contributed by atoms with E-state index < -0.39 is 17.8 Å². The van der Waals surface area contributed by atoms with Crippen LogP contribution in [0.25, 0.3) is 0 Å². The number of aliphatic hydroxyl groups is 1. The van der Waals surface area contributed by atoms with E-state index in [1.54, 1.807) is 11.9 Å². The van der Waals surface area contributed by atoms with Crippen molar-refractivity contribution in [1.29, 1.82) is 0 Å². The van der Waals surface area contributed by atoms with Crippen LogP contribution in [0.15, 0.2) is 72.8 Å². The molecule has 0 aromatic heterocycles. The number of benzene rings is 3. The van der Waals surface area contributed by atoms with Crippen molar-refractivity contribution in [3.8, 4) is 17.6 Å². The third-order valence-electron chi connectivity index (χ3n) is 10.2. The van der Waals surface area contributed by atoms with E-state index in [1.165, 1.54) is 23.3 Å². The fourth-order valence-electron chi connectivity index (χ4n) is 8.30. The minimum absolute atomic E-state index is 0.189. The third-order valence-corrected chi connectivity index (χ3v) is 10.2. The zero-order valence-corrected chi connectivity index (χ0v) is 23.8. The van der Waals surface area contributed by atoms with E-state index in [2.05, 4.69) is 22.8 Å². The van der Waals surface area contributed by atoms with Crippen LogP contribution >= 0.6 is 0 Å². The van der Waals surface area contributed by atoms with E-state index in [1.807, 2.05) is 42.5 Å². The summed E-state index contributed by atoms with van der Waals surface area (Å²) < 4.78 is 45.5. The highest BCUT2D eigenvalue weighted by atomic mass is 19.4. The van der Waals surface area contributed by atoms with Gasteiger partial charge in [-0.05, 0) is 79.6 Å². The van der Waals surface area contributed by atoms with E-state index in [9.17, 15) is 23.1 Å². The summed E-state index contributed by atoms with van der Waals surface area (Å²) in [5, 5.41) is 11.1. The number of likely N-dealkylation sites (tertiary alicyclic amines) is 1. The fourth-order valence-corrected chi connectivity index (χ4v) is 8.30. The van der Waals surface area contributed by atoms with Gasteiger partial charge in [0.05, 0.1) is 17.7 Å². The molecular weight excluding hydrogens is 553 g/mol. The Morgan fingerprint density at radius 3 is 2.60 bits per heavy atom. The van der Waals surface area contributed by atoms with Crippen molar-refractivity contribution in [2.24, 2.45) is 5.92 Å². The molecule has 7 rings (SSSR count). The van der Waals surface area contributed by atoms with Crippen LogP contribution in [0.3, 0.4) is 0 Å². The predicted molar refractivity (Wildman–Crippen MR) is 155 cm³/mol. The summed E-state index contributed by atoms with van der Waals surface area (Å²) in [6, 6.07) is 20.7. The van der Waals surface area contributed by atoms with Crippen molar-refractivity contribution in [2.45, 2.75) is 61.6 Å². The second-order valence-electron chi connectivity index (χ2n) is 12.3. The molecule has 1 N–H and O–H groups in total. The summed E-state index contributed by atoms with van der Waals surface area (Å²) >= 11 is 0. The highest BCUT2D eigenvalue weighted by Gasteiger charge is 2.66. The number of aliphatic hydroxyl groups excluding tert-OH is 1. The Bertz CT molecular complexity index is 1600. The first-order chi connectivity index (χ1) is 20.7. The molecule has 0 radical (unpaired) electrons. The van der Waals surface area contributed by atoms with Crippen molar-refractivity contribution in [3.63, 3.8) is 0 Å². The molecule has 8 heteroatoms. The summed E-state index contributed by atoms with van der Waals surface area (Å²) in [6.45, 7) is 1.40. The second kappa shape index (κ2) is 10.4. The number of nitrogens with zero attached hydrogens (tertiary/aromatic N) is 2. The topological polar surface area (TPSA) is 53.0 Å². The number of β-amino-alcohol motifs (C(OH)–C–C–N with tert-alkyl or cyclic N) is 1. The molecule has 2 aliphatic heterocycles. The van der Waals surface area contributed by atoms with Gasteiger partial charge >= 0.3 is 6.18 Å². The normalized spacial score (nSPS) is 27.7. The zero-order valence-electron chi connectivity index (χ0n) is 23.8. The van der Waals surface area contributed by atoms with Gasteiger partial charge in [0.25, 0.3) is 5.91 Å². The first-order valence-electron chi connectivity index (χ1n) is 14.9. The highest BCUT2D eigenvalue weighted by molar-refractivity contribution is 5.94. The number of piperidine rings is 1. The molecular formula is C35H33F3N2O3. The van der Waals surface area contributed by atoms with Crippen molar-refractivity contribution >= 4 is 5.91 Å². The van der Waals surface area contributed by atoms with Gasteiger partial charge in [-0.3, -0.25) is 9.69 Å². The van der Waals surface area contributed by atoms with E-state index in [0.29, 0.717) is 18.0 Å². The third kappa shape index (κ3) is 4.61. The number of carbonyl (C=O) groups is 1. The summed E-state index contributed by atoms with van der Waals surface area (Å²) in [4.78, 5) is 17.5. The molecule has 1 spiro atoms. The predicted octanol–water partition coefficient (Wildman–Crippen LogP) is 5.36. The molecule has 4 aliphatic rings. The molecule has 5 nitrogen and oxygen atoms in total. The van der Waals surface area contributed by atoms with Crippen molar-refractivity contribution < 1.29 is 27.8 Å². The lowest BCUT2D eigenvalue weighted by atomic mass is 9.51. The van der Waals surface area contributed by atoms with Crippen LogP contribution in [0.1, 0.15) is 53.2 Å². The number of likely N-dealkylation sites (N-methyl/N-ethyl adjacent to an activating group) is 1. The van der Waals surface area contributed by atoms with Gasteiger partial charge < -0.3 is 14.7 Å². The molecule has 2 fully saturated rings. The maximum Gasteiger partial charge on any atom is 0.416 e. The minimum atomic E-state index is -4.42. The van der Waals surface area contributed by atoms with Gasteiger partial charge in [-0.1, -0.05) is 48.4 Å². The van der Waals surface area contributed by atoms with Gasteiger partial charge in [-0.2, -0.15) is 13.2 Å². The number of amides is 1. The SMILES string of the molecule is CN(C(=O)C#Cc1ccc(C(F)(F)F)cc1)[C@@H]1CC[C@H]2[C@H]3Cc4cccc5c4[C@@]2(CCN3CC(O)c2ccccc2)[C@H]1O5. The molecule has 3 aromatic rings. The molecule has 43 heavy (non-hydrogen) atoms. The number of hydrogen-bond donors (Lipinski definition) is 1. The number of alkyl halides is 3. The molecule has 1 saturated heterocycles. The van der Waals surface area contributed by atoms with E-state index in [-0.39, 0.29) is 29.5 Å². The van der Waals surface area contributed by atoms with Gasteiger partial charge in [0.15, 0.2) is 0 Å². The van der Waals surface area contributed by atoms with Crippen LogP contribution in [0.4, 0.5) is 13.2 Å². The fraction of sp³-hybridized carbons (Fsp3) is 0.400. The Labute approximate surface area is 249 Å². The molecule has 2 heterocycles. The lowest BCUT2D eigenvalue weighted by Crippen LogP contribution is -2.69. The monoisotopic (exact) mass is 586 g/mol. The lowest BCUT2D eigenvalue weighted by Gasteiger charge is -2.60. The van der Waals surface area contributed by atoms with Crippen LogP contribution in [-0.2, 0) is 22.8 Å². The van der Waals surface area contributed by atoms with Crippen molar-refractivity contribution in [3.05, 3.63) is 101 Å². The Hall–Kier alpha value is -3.80. The largest absolute Gasteiger partial charge is 0.487 e. The van der Waals surface area contributed by atoms with Gasteiger partial charge in [-0.15, -0.1) is 0 Å². The van der Waals surface area contributed by atoms with Gasteiger partial charge in [0.1, 0.15) is 11.9 Å². The summed E-state index contributed by atoms with van der Waals surface area (Å²) in [6.07, 6.45) is -1.74. The number of hydrogen-bond acceptors (Lipinski definition) is 4. The Morgan fingerprint density at radius 2 is 1.86 bits per heavy atom. The van der Waals surface area contributed by atoms with Crippen molar-refractivity contribution in [2.75, 3.05) is 20.1 Å². The Balaban J connectivity index is 1.14. The Kier molecular flexibility index (Phi) is 6.79. The molecule has 222 valence electrons. The quantitative estimate of drug-likeness (QED) is 0.419. The van der Waals surface area contributed by atoms with Crippen LogP contribution in [0.2, 0.25) is 0 Å². The second-order valence-corrected chi connectivity index (χ2v) is 12.3. The lowest BCUT2D eigenvalue weighted by molar-refractivity contribution is -0.137. The van der Waals surface area contributed by atoms with Crippen LogP contribution in [0, 0.1) is 17.8 Å². The van der Waals surface area contributed by atoms with Gasteiger partial charge in [0, 0.05) is 42.1 Å². The number of halogens is 3. The molecule has 2 aliphatic carbocycles. The molecule has 6 atom stereocenters. The van der Waals surface area contributed by atoms with Crippen molar-refractivity contribution in [1.82, 2.24) is 9.80 Å². The van der Waals surface area contributed by atoms with Gasteiger partial charge in [0.2, 0.25) is 0 Å². The first kappa shape index (κ1) is 28.0. The maximum absolute atomic E-state index is 13.3. The number of rotatable bonds is 4. The van der Waals surface area contributed by atoms with Crippen LogP contribution in [0.5, 0.6) is 5.75 Å². The average molecular weight is 587 g/mol. The molecule has 3 aromatic carbocycles. The molecule has 1 unspecified atom stereocenters. The first-order valence-corrected chi connectivity index (χ1v) is 14.9. The Morgan fingerprint density at radius 1 is 1.09 bits per heavy atom. The van der Waals surface area contributed by atoms with E-state index in [0.717, 1.165) is 55.7 Å². The van der Waals surface area contributed by atoms with E-state index >= 15 is 0 Å². The summed E-state index contributed by atoms with van der Waals surface area (Å²) in [5.74, 6) is 6.27. The smallest absolute Gasteiger partial charge is 0.416 e. The molecule has 2 bridgehead atoms. The number of carbonyl (C=O) groups excluding carboxylic acids is 1. The zero-order chi connectivity index (χ0) is 29.9. The number of ether oxygens (including phenoxy) is 1.